The van der Waals surface area contributed by atoms with Gasteiger partial charge in [-0.15, -0.1) is 11.3 Å². The minimum atomic E-state index is 0.205. The Labute approximate surface area is 147 Å². The zero-order valence-electron chi connectivity index (χ0n) is 11.6. The molecule has 0 spiro atoms. The summed E-state index contributed by atoms with van der Waals surface area (Å²) in [7, 11) is 0. The quantitative estimate of drug-likeness (QED) is 0.514. The Balaban J connectivity index is 2.18. The third-order valence-corrected chi connectivity index (χ3v) is 5.68. The summed E-state index contributed by atoms with van der Waals surface area (Å²) in [6, 6.07) is 14.9. The van der Waals surface area contributed by atoms with Crippen molar-refractivity contribution in [2.75, 3.05) is 6.54 Å². The van der Waals surface area contributed by atoms with Gasteiger partial charge in [0.25, 0.3) is 0 Å². The molecule has 0 aliphatic heterocycles. The van der Waals surface area contributed by atoms with Crippen molar-refractivity contribution in [3.05, 3.63) is 66.9 Å². The molecule has 2 aromatic carbocycles. The van der Waals surface area contributed by atoms with Crippen molar-refractivity contribution < 1.29 is 0 Å². The average Bonchev–Trinajstić information content (AvgIpc) is 2.92. The second kappa shape index (κ2) is 6.65. The van der Waals surface area contributed by atoms with E-state index in [1.807, 2.05) is 12.1 Å². The summed E-state index contributed by atoms with van der Waals surface area (Å²) < 4.78 is 1.31. The van der Waals surface area contributed by atoms with Gasteiger partial charge in [-0.05, 0) is 63.2 Å². The first kappa shape index (κ1) is 15.3. The Morgan fingerprint density at radius 2 is 1.95 bits per heavy atom. The van der Waals surface area contributed by atoms with Crippen LogP contribution in [-0.4, -0.2) is 6.54 Å². The molecule has 0 amide bonds. The summed E-state index contributed by atoms with van der Waals surface area (Å²) >= 11 is 10.5. The van der Waals surface area contributed by atoms with E-state index in [9.17, 15) is 0 Å². The Hall–Kier alpha value is -0.620. The van der Waals surface area contributed by atoms with Crippen molar-refractivity contribution in [1.82, 2.24) is 5.32 Å². The number of benzene rings is 2. The van der Waals surface area contributed by atoms with Crippen LogP contribution in [0.3, 0.4) is 0 Å². The number of fused-ring (bicyclic) bond motifs is 1. The molecule has 0 radical (unpaired) electrons. The first-order valence-electron chi connectivity index (χ1n) is 6.85. The molecule has 3 aromatic rings. The fourth-order valence-electron chi connectivity index (χ4n) is 2.62. The molecule has 1 unspecified atom stereocenters. The fraction of sp³-hybridized carbons (Fsp3) is 0.176. The molecule has 1 N–H and O–H groups in total. The maximum Gasteiger partial charge on any atom is 0.0656 e. The highest BCUT2D eigenvalue weighted by molar-refractivity contribution is 14.1. The Bertz CT molecular complexity index is 768. The zero-order valence-corrected chi connectivity index (χ0v) is 15.3. The van der Waals surface area contributed by atoms with Gasteiger partial charge in [0.1, 0.15) is 0 Å². The van der Waals surface area contributed by atoms with Crippen LogP contribution in [0.25, 0.3) is 10.8 Å². The first-order chi connectivity index (χ1) is 10.2. The number of halogens is 2. The van der Waals surface area contributed by atoms with Crippen LogP contribution < -0.4 is 5.32 Å². The maximum atomic E-state index is 6.34. The van der Waals surface area contributed by atoms with Gasteiger partial charge in [-0.1, -0.05) is 48.9 Å². The van der Waals surface area contributed by atoms with E-state index in [-0.39, 0.29) is 6.04 Å². The van der Waals surface area contributed by atoms with Crippen LogP contribution in [0.15, 0.2) is 47.8 Å². The number of hydrogen-bond donors (Lipinski definition) is 1. The molecule has 3 rings (SSSR count). The van der Waals surface area contributed by atoms with Gasteiger partial charge in [0.2, 0.25) is 0 Å². The third kappa shape index (κ3) is 3.11. The van der Waals surface area contributed by atoms with Crippen LogP contribution in [0.2, 0.25) is 5.02 Å². The molecular weight excluding hydrogens is 413 g/mol. The smallest absolute Gasteiger partial charge is 0.0656 e. The number of hydrogen-bond acceptors (Lipinski definition) is 2. The molecule has 1 nitrogen and oxygen atoms in total. The molecule has 4 heteroatoms. The molecule has 108 valence electrons. The number of rotatable bonds is 4. The average molecular weight is 428 g/mol. The highest BCUT2D eigenvalue weighted by Gasteiger charge is 2.17. The van der Waals surface area contributed by atoms with E-state index < -0.39 is 0 Å². The van der Waals surface area contributed by atoms with Gasteiger partial charge in [0.15, 0.2) is 0 Å². The Morgan fingerprint density at radius 1 is 1.19 bits per heavy atom. The van der Waals surface area contributed by atoms with Crippen LogP contribution in [0.1, 0.15) is 24.1 Å². The van der Waals surface area contributed by atoms with Crippen LogP contribution in [-0.2, 0) is 0 Å². The van der Waals surface area contributed by atoms with E-state index in [1.54, 1.807) is 11.3 Å². The van der Waals surface area contributed by atoms with E-state index in [4.69, 9.17) is 11.6 Å². The van der Waals surface area contributed by atoms with Crippen LogP contribution in [0, 0.1) is 2.88 Å². The molecule has 0 saturated heterocycles. The van der Waals surface area contributed by atoms with E-state index >= 15 is 0 Å². The molecular formula is C17H15ClINS. The maximum absolute atomic E-state index is 6.34. The van der Waals surface area contributed by atoms with Gasteiger partial charge in [-0.2, -0.15) is 0 Å². The van der Waals surface area contributed by atoms with Gasteiger partial charge >= 0.3 is 0 Å². The van der Waals surface area contributed by atoms with Gasteiger partial charge in [-0.3, -0.25) is 0 Å². The van der Waals surface area contributed by atoms with E-state index in [0.717, 1.165) is 17.0 Å². The van der Waals surface area contributed by atoms with Crippen molar-refractivity contribution in [3.63, 3.8) is 0 Å². The summed E-state index contributed by atoms with van der Waals surface area (Å²) in [5, 5.41) is 8.98. The molecule has 0 saturated carbocycles. The molecule has 0 aliphatic rings. The summed E-state index contributed by atoms with van der Waals surface area (Å²) in [6.07, 6.45) is 0. The predicted octanol–water partition coefficient (Wildman–Crippen LogP) is 5.86. The van der Waals surface area contributed by atoms with Crippen LogP contribution >= 0.6 is 45.5 Å². The molecule has 1 atom stereocenters. The Morgan fingerprint density at radius 3 is 2.62 bits per heavy atom. The SMILES string of the molecule is CCNC(c1csc(I)c1)c1ccc(Cl)c2ccccc12. The van der Waals surface area contributed by atoms with Gasteiger partial charge < -0.3 is 5.32 Å². The van der Waals surface area contributed by atoms with Gasteiger partial charge in [0.05, 0.1) is 8.93 Å². The lowest BCUT2D eigenvalue weighted by Crippen LogP contribution is -2.21. The summed E-state index contributed by atoms with van der Waals surface area (Å²) in [4.78, 5) is 0. The highest BCUT2D eigenvalue weighted by Crippen LogP contribution is 2.34. The lowest BCUT2D eigenvalue weighted by Gasteiger charge is -2.20. The highest BCUT2D eigenvalue weighted by atomic mass is 127. The van der Waals surface area contributed by atoms with Gasteiger partial charge in [-0.25, -0.2) is 0 Å². The topological polar surface area (TPSA) is 12.0 Å². The minimum absolute atomic E-state index is 0.205. The molecule has 0 fully saturated rings. The standard InChI is InChI=1S/C17H15ClINS/c1-2-20-17(11-9-16(19)21-10-11)14-7-8-15(18)13-6-4-3-5-12(13)14/h3-10,17,20H,2H2,1H3. The van der Waals surface area contributed by atoms with Crippen molar-refractivity contribution in [1.29, 1.82) is 0 Å². The Kier molecular flexibility index (Phi) is 4.84. The van der Waals surface area contributed by atoms with Crippen molar-refractivity contribution in [2.45, 2.75) is 13.0 Å². The number of nitrogens with one attached hydrogen (secondary N) is 1. The fourth-order valence-corrected chi connectivity index (χ4v) is 4.25. The predicted molar refractivity (Wildman–Crippen MR) is 102 cm³/mol. The molecule has 0 bridgehead atoms. The summed E-state index contributed by atoms with van der Waals surface area (Å²) in [5.41, 5.74) is 2.60. The van der Waals surface area contributed by atoms with Gasteiger partial charge in [0, 0.05) is 10.4 Å². The second-order valence-electron chi connectivity index (χ2n) is 4.86. The van der Waals surface area contributed by atoms with Crippen molar-refractivity contribution in [3.8, 4) is 0 Å². The van der Waals surface area contributed by atoms with E-state index in [0.29, 0.717) is 0 Å². The monoisotopic (exact) mass is 427 g/mol. The normalized spacial score (nSPS) is 12.7. The summed E-state index contributed by atoms with van der Waals surface area (Å²) in [5.74, 6) is 0. The molecule has 1 heterocycles. The number of thiophene rings is 1. The molecule has 0 aliphatic carbocycles. The van der Waals surface area contributed by atoms with Crippen LogP contribution in [0.4, 0.5) is 0 Å². The summed E-state index contributed by atoms with van der Waals surface area (Å²) in [6.45, 7) is 3.07. The molecule has 21 heavy (non-hydrogen) atoms. The van der Waals surface area contributed by atoms with E-state index in [1.165, 1.54) is 19.4 Å². The van der Waals surface area contributed by atoms with Crippen LogP contribution in [0.5, 0.6) is 0 Å². The van der Waals surface area contributed by atoms with Crippen molar-refractivity contribution >= 4 is 56.3 Å². The largest absolute Gasteiger partial charge is 0.306 e. The second-order valence-corrected chi connectivity index (χ2v) is 8.07. The van der Waals surface area contributed by atoms with E-state index in [2.05, 4.69) is 70.5 Å². The zero-order chi connectivity index (χ0) is 14.8. The van der Waals surface area contributed by atoms with Crippen molar-refractivity contribution in [2.24, 2.45) is 0 Å². The minimum Gasteiger partial charge on any atom is -0.306 e. The first-order valence-corrected chi connectivity index (χ1v) is 9.18. The molecule has 1 aromatic heterocycles. The third-order valence-electron chi connectivity index (χ3n) is 3.54. The lowest BCUT2D eigenvalue weighted by molar-refractivity contribution is 0.636. The lowest BCUT2D eigenvalue weighted by atomic mass is 9.95.